The van der Waals surface area contributed by atoms with Gasteiger partial charge < -0.3 is 14.8 Å². The molecule has 0 atom stereocenters. The van der Waals surface area contributed by atoms with Crippen LogP contribution in [0.25, 0.3) is 22.2 Å². The second kappa shape index (κ2) is 8.51. The number of aromatic nitrogens is 1. The number of para-hydroxylation sites is 1. The van der Waals surface area contributed by atoms with E-state index in [0.717, 1.165) is 27.6 Å². The number of pyridine rings is 1. The maximum Gasteiger partial charge on any atom is 0.288 e. The van der Waals surface area contributed by atoms with Crippen molar-refractivity contribution in [1.82, 2.24) is 15.2 Å². The molecule has 3 aromatic rings. The third-order valence-electron chi connectivity index (χ3n) is 5.26. The van der Waals surface area contributed by atoms with E-state index in [-0.39, 0.29) is 35.9 Å². The minimum Gasteiger partial charge on any atom is -0.486 e. The fourth-order valence-electron chi connectivity index (χ4n) is 3.69. The van der Waals surface area contributed by atoms with Gasteiger partial charge in [-0.1, -0.05) is 30.0 Å². The number of nitrogens with one attached hydrogen (secondary N) is 1. The van der Waals surface area contributed by atoms with Gasteiger partial charge in [0, 0.05) is 24.0 Å². The highest BCUT2D eigenvalue weighted by atomic mass is 32.2. The third-order valence-corrected chi connectivity index (χ3v) is 6.12. The summed E-state index contributed by atoms with van der Waals surface area (Å²) < 4.78 is 11.3. The summed E-state index contributed by atoms with van der Waals surface area (Å²) in [5.74, 6) is 0.954. The molecule has 3 heterocycles. The summed E-state index contributed by atoms with van der Waals surface area (Å²) in [6, 6.07) is 14.7. The zero-order valence-corrected chi connectivity index (χ0v) is 17.8. The number of amides is 3. The monoisotopic (exact) mass is 449 g/mol. The van der Waals surface area contributed by atoms with Crippen LogP contribution in [0.3, 0.4) is 0 Å². The van der Waals surface area contributed by atoms with Crippen LogP contribution in [0.2, 0.25) is 0 Å². The predicted molar refractivity (Wildman–Crippen MR) is 120 cm³/mol. The molecule has 0 radical (unpaired) electrons. The van der Waals surface area contributed by atoms with E-state index in [1.807, 2.05) is 42.5 Å². The van der Waals surface area contributed by atoms with Crippen LogP contribution in [0, 0.1) is 0 Å². The van der Waals surface area contributed by atoms with Crippen LogP contribution >= 0.6 is 11.8 Å². The SMILES string of the molecule is O=C(NCCN1C(=O)CSC1=O)c1cc(-c2ccc3c(c2)OCCO3)nc2ccccc12. The van der Waals surface area contributed by atoms with E-state index in [0.29, 0.717) is 41.5 Å². The number of nitrogens with zero attached hydrogens (tertiary/aromatic N) is 2. The van der Waals surface area contributed by atoms with Crippen LogP contribution in [-0.2, 0) is 4.79 Å². The second-order valence-electron chi connectivity index (χ2n) is 7.29. The highest BCUT2D eigenvalue weighted by Gasteiger charge is 2.29. The Bertz CT molecular complexity index is 1230. The quantitative estimate of drug-likeness (QED) is 0.639. The summed E-state index contributed by atoms with van der Waals surface area (Å²) >= 11 is 0.977. The molecule has 9 heteroatoms. The summed E-state index contributed by atoms with van der Waals surface area (Å²) in [7, 11) is 0. The summed E-state index contributed by atoms with van der Waals surface area (Å²) in [6.07, 6.45) is 0. The summed E-state index contributed by atoms with van der Waals surface area (Å²) in [5, 5.41) is 3.26. The molecule has 32 heavy (non-hydrogen) atoms. The van der Waals surface area contributed by atoms with Gasteiger partial charge >= 0.3 is 0 Å². The molecule has 2 aliphatic heterocycles. The smallest absolute Gasteiger partial charge is 0.288 e. The normalized spacial score (nSPS) is 15.3. The van der Waals surface area contributed by atoms with Gasteiger partial charge in [0.2, 0.25) is 5.91 Å². The Morgan fingerprint density at radius 1 is 1.06 bits per heavy atom. The highest BCUT2D eigenvalue weighted by Crippen LogP contribution is 2.35. The molecule has 2 aliphatic rings. The van der Waals surface area contributed by atoms with Crippen molar-refractivity contribution in [3.05, 3.63) is 54.1 Å². The van der Waals surface area contributed by atoms with E-state index in [1.165, 1.54) is 0 Å². The van der Waals surface area contributed by atoms with Crippen molar-refractivity contribution in [3.63, 3.8) is 0 Å². The lowest BCUT2D eigenvalue weighted by atomic mass is 10.0. The summed E-state index contributed by atoms with van der Waals surface area (Å²) in [5.41, 5.74) is 2.59. The van der Waals surface area contributed by atoms with Crippen LogP contribution in [0.4, 0.5) is 4.79 Å². The second-order valence-corrected chi connectivity index (χ2v) is 8.21. The maximum absolute atomic E-state index is 13.0. The number of imide groups is 1. The maximum atomic E-state index is 13.0. The summed E-state index contributed by atoms with van der Waals surface area (Å²) in [4.78, 5) is 42.4. The van der Waals surface area contributed by atoms with Gasteiger partial charge in [0.15, 0.2) is 11.5 Å². The third kappa shape index (κ3) is 3.87. The molecule has 1 saturated heterocycles. The number of benzene rings is 2. The molecular formula is C23H19N3O5S. The van der Waals surface area contributed by atoms with Crippen LogP contribution < -0.4 is 14.8 Å². The average Bonchev–Trinajstić information content (AvgIpc) is 3.15. The molecule has 162 valence electrons. The van der Waals surface area contributed by atoms with Gasteiger partial charge in [-0.15, -0.1) is 0 Å². The van der Waals surface area contributed by atoms with Crippen LogP contribution in [0.5, 0.6) is 11.5 Å². The van der Waals surface area contributed by atoms with Crippen molar-refractivity contribution in [1.29, 1.82) is 0 Å². The molecule has 3 amide bonds. The van der Waals surface area contributed by atoms with Crippen molar-refractivity contribution in [2.24, 2.45) is 0 Å². The minimum absolute atomic E-state index is 0.147. The fourth-order valence-corrected chi connectivity index (χ4v) is 4.44. The Kier molecular flexibility index (Phi) is 5.40. The Labute approximate surface area is 187 Å². The van der Waals surface area contributed by atoms with E-state index in [2.05, 4.69) is 5.32 Å². The predicted octanol–water partition coefficient (Wildman–Crippen LogP) is 3.10. The van der Waals surface area contributed by atoms with Gasteiger partial charge in [-0.3, -0.25) is 19.3 Å². The Morgan fingerprint density at radius 3 is 2.69 bits per heavy atom. The van der Waals surface area contributed by atoms with E-state index in [4.69, 9.17) is 14.5 Å². The van der Waals surface area contributed by atoms with Gasteiger partial charge in [0.25, 0.3) is 11.1 Å². The molecule has 0 saturated carbocycles. The first-order valence-corrected chi connectivity index (χ1v) is 11.1. The zero-order valence-electron chi connectivity index (χ0n) is 17.0. The molecule has 0 spiro atoms. The van der Waals surface area contributed by atoms with Crippen LogP contribution in [-0.4, -0.2) is 59.0 Å². The number of thioether (sulfide) groups is 1. The molecule has 1 N–H and O–H groups in total. The van der Waals surface area contributed by atoms with Crippen LogP contribution in [0.1, 0.15) is 10.4 Å². The van der Waals surface area contributed by atoms with Crippen molar-refractivity contribution in [2.75, 3.05) is 32.1 Å². The molecule has 0 unspecified atom stereocenters. The van der Waals surface area contributed by atoms with E-state index >= 15 is 0 Å². The average molecular weight is 449 g/mol. The first kappa shape index (κ1) is 20.3. The Morgan fingerprint density at radius 2 is 1.88 bits per heavy atom. The van der Waals surface area contributed by atoms with Crippen molar-refractivity contribution >= 4 is 39.7 Å². The fraction of sp³-hybridized carbons (Fsp3) is 0.217. The standard InChI is InChI=1S/C23H19N3O5S/c27-21-13-32-23(29)26(21)8-7-24-22(28)16-12-18(25-17-4-2-1-3-15(16)17)14-5-6-19-20(11-14)31-10-9-30-19/h1-6,11-12H,7-10,13H2,(H,24,28). The molecule has 0 aliphatic carbocycles. The van der Waals surface area contributed by atoms with Gasteiger partial charge in [-0.25, -0.2) is 4.98 Å². The number of hydrogen-bond acceptors (Lipinski definition) is 7. The Balaban J connectivity index is 1.43. The zero-order chi connectivity index (χ0) is 22.1. The number of carbonyl (C=O) groups excluding carboxylic acids is 3. The topological polar surface area (TPSA) is 97.8 Å². The van der Waals surface area contributed by atoms with Gasteiger partial charge in [0.05, 0.1) is 22.5 Å². The van der Waals surface area contributed by atoms with Gasteiger partial charge in [-0.2, -0.15) is 0 Å². The molecule has 8 nitrogen and oxygen atoms in total. The molecule has 5 rings (SSSR count). The summed E-state index contributed by atoms with van der Waals surface area (Å²) in [6.45, 7) is 1.31. The van der Waals surface area contributed by atoms with Crippen molar-refractivity contribution in [3.8, 4) is 22.8 Å². The number of rotatable bonds is 5. The van der Waals surface area contributed by atoms with Crippen molar-refractivity contribution < 1.29 is 23.9 Å². The van der Waals surface area contributed by atoms with Gasteiger partial charge in [-0.05, 0) is 30.3 Å². The first-order valence-electron chi connectivity index (χ1n) is 10.2. The van der Waals surface area contributed by atoms with Crippen LogP contribution in [0.15, 0.2) is 48.5 Å². The number of carbonyl (C=O) groups is 3. The van der Waals surface area contributed by atoms with E-state index in [9.17, 15) is 14.4 Å². The largest absolute Gasteiger partial charge is 0.486 e. The lowest BCUT2D eigenvalue weighted by molar-refractivity contribution is -0.124. The number of hydrogen-bond donors (Lipinski definition) is 1. The molecule has 2 aromatic carbocycles. The highest BCUT2D eigenvalue weighted by molar-refractivity contribution is 8.14. The molecule has 1 fully saturated rings. The number of ether oxygens (including phenoxy) is 2. The minimum atomic E-state index is -0.297. The number of fused-ring (bicyclic) bond motifs is 2. The lowest BCUT2D eigenvalue weighted by Crippen LogP contribution is -2.37. The van der Waals surface area contributed by atoms with E-state index < -0.39 is 0 Å². The van der Waals surface area contributed by atoms with Crippen molar-refractivity contribution in [2.45, 2.75) is 0 Å². The lowest BCUT2D eigenvalue weighted by Gasteiger charge is -2.19. The molecule has 1 aromatic heterocycles. The van der Waals surface area contributed by atoms with E-state index in [1.54, 1.807) is 6.07 Å². The first-order chi connectivity index (χ1) is 15.6. The van der Waals surface area contributed by atoms with Gasteiger partial charge in [0.1, 0.15) is 13.2 Å². The molecular weight excluding hydrogens is 430 g/mol. The molecule has 0 bridgehead atoms. The Hall–Kier alpha value is -3.59.